The van der Waals surface area contributed by atoms with Crippen LogP contribution in [-0.4, -0.2) is 0 Å². The fourth-order valence-electron chi connectivity index (χ4n) is 9.07. The highest BCUT2D eigenvalue weighted by molar-refractivity contribution is 5.26. The Bertz CT molecular complexity index is 573. The first-order valence-corrected chi connectivity index (χ1v) is 11.3. The quantitative estimate of drug-likeness (QED) is 0.433. The molecule has 4 unspecified atom stereocenters. The molecule has 0 amide bonds. The topological polar surface area (TPSA) is 0 Å². The summed E-state index contributed by atoms with van der Waals surface area (Å²) in [5.41, 5.74) is 1.96. The van der Waals surface area contributed by atoms with Gasteiger partial charge in [-0.1, -0.05) is 67.0 Å². The van der Waals surface area contributed by atoms with Crippen molar-refractivity contribution in [3.63, 3.8) is 0 Å². The van der Waals surface area contributed by atoms with Crippen molar-refractivity contribution in [1.29, 1.82) is 0 Å². The minimum absolute atomic E-state index is 0.429. The van der Waals surface area contributed by atoms with Gasteiger partial charge in [0.1, 0.15) is 0 Å². The monoisotopic (exact) mass is 342 g/mol. The van der Waals surface area contributed by atoms with Gasteiger partial charge in [0.15, 0.2) is 0 Å². The van der Waals surface area contributed by atoms with E-state index in [9.17, 15) is 0 Å². The van der Waals surface area contributed by atoms with E-state index in [0.29, 0.717) is 21.7 Å². The minimum Gasteiger partial charge on any atom is -0.0814 e. The molecule has 3 saturated carbocycles. The first kappa shape index (κ1) is 18.1. The third-order valence-corrected chi connectivity index (χ3v) is 10.5. The molecule has 0 radical (unpaired) electrons. The van der Waals surface area contributed by atoms with Crippen molar-refractivity contribution in [2.45, 2.75) is 93.4 Å². The van der Waals surface area contributed by atoms with Gasteiger partial charge in [-0.2, -0.15) is 0 Å². The Morgan fingerprint density at radius 3 is 2.24 bits per heavy atom. The summed E-state index contributed by atoms with van der Waals surface area (Å²) in [6.45, 7) is 18.1. The third-order valence-electron chi connectivity index (χ3n) is 10.5. The van der Waals surface area contributed by atoms with Gasteiger partial charge in [0, 0.05) is 0 Å². The molecule has 0 saturated heterocycles. The summed E-state index contributed by atoms with van der Waals surface area (Å²) in [5, 5.41) is 0. The lowest BCUT2D eigenvalue weighted by atomic mass is 9.38. The number of rotatable bonds is 1. The van der Waals surface area contributed by atoms with Gasteiger partial charge in [-0.25, -0.2) is 0 Å². The van der Waals surface area contributed by atoms with Gasteiger partial charge in [-0.05, 0) is 89.8 Å². The van der Waals surface area contributed by atoms with E-state index in [1.54, 1.807) is 0 Å². The summed E-state index contributed by atoms with van der Waals surface area (Å²) < 4.78 is 0. The Morgan fingerprint density at radius 1 is 0.840 bits per heavy atom. The average molecular weight is 343 g/mol. The molecule has 0 bridgehead atoms. The van der Waals surface area contributed by atoms with Crippen molar-refractivity contribution in [3.8, 4) is 0 Å². The van der Waals surface area contributed by atoms with Crippen molar-refractivity contribution in [2.24, 2.45) is 51.2 Å². The molecule has 0 aromatic heterocycles. The maximum absolute atomic E-state index is 2.75. The van der Waals surface area contributed by atoms with Gasteiger partial charge in [-0.15, -0.1) is 0 Å². The van der Waals surface area contributed by atoms with Gasteiger partial charge in [-0.3, -0.25) is 0 Å². The zero-order chi connectivity index (χ0) is 18.3. The van der Waals surface area contributed by atoms with Crippen molar-refractivity contribution in [1.82, 2.24) is 0 Å². The van der Waals surface area contributed by atoms with Gasteiger partial charge < -0.3 is 0 Å². The van der Waals surface area contributed by atoms with Crippen molar-refractivity contribution < 1.29 is 0 Å². The number of allylic oxidation sites excluding steroid dienone is 2. The van der Waals surface area contributed by atoms with Crippen LogP contribution < -0.4 is 0 Å². The molecule has 3 fully saturated rings. The van der Waals surface area contributed by atoms with Crippen LogP contribution >= 0.6 is 0 Å². The highest BCUT2D eigenvalue weighted by atomic mass is 14.7. The van der Waals surface area contributed by atoms with E-state index in [0.717, 1.165) is 29.6 Å². The number of hydrogen-bond acceptors (Lipinski definition) is 0. The molecule has 4 aliphatic carbocycles. The van der Waals surface area contributed by atoms with Crippen LogP contribution in [0, 0.1) is 51.2 Å². The van der Waals surface area contributed by atoms with E-state index in [4.69, 9.17) is 0 Å². The van der Waals surface area contributed by atoms with E-state index >= 15 is 0 Å². The Kier molecular flexibility index (Phi) is 3.90. The average Bonchev–Trinajstić information content (AvgIpc) is 2.88. The minimum atomic E-state index is 0.429. The highest BCUT2D eigenvalue weighted by Gasteiger charge is 2.65. The number of fused-ring (bicyclic) bond motifs is 5. The fourth-order valence-corrected chi connectivity index (χ4v) is 9.07. The lowest BCUT2D eigenvalue weighted by molar-refractivity contribution is -0.142. The van der Waals surface area contributed by atoms with Crippen LogP contribution in [0.2, 0.25) is 0 Å². The number of hydrogen-bond donors (Lipinski definition) is 0. The van der Waals surface area contributed by atoms with Crippen LogP contribution in [0.1, 0.15) is 93.4 Å². The molecule has 142 valence electrons. The van der Waals surface area contributed by atoms with Crippen LogP contribution in [0.4, 0.5) is 0 Å². The molecular weight excluding hydrogens is 300 g/mol. The lowest BCUT2D eigenvalue weighted by Gasteiger charge is -2.67. The van der Waals surface area contributed by atoms with E-state index in [-0.39, 0.29) is 0 Å². The van der Waals surface area contributed by atoms with E-state index < -0.39 is 0 Å². The lowest BCUT2D eigenvalue weighted by Crippen LogP contribution is -2.59. The van der Waals surface area contributed by atoms with Crippen LogP contribution in [0.15, 0.2) is 12.2 Å². The summed E-state index contributed by atoms with van der Waals surface area (Å²) in [4.78, 5) is 0. The molecule has 0 N–H and O–H groups in total. The summed E-state index contributed by atoms with van der Waals surface area (Å²) in [7, 11) is 0. The predicted molar refractivity (Wildman–Crippen MR) is 108 cm³/mol. The Morgan fingerprint density at radius 2 is 1.56 bits per heavy atom. The Balaban J connectivity index is 1.77. The van der Waals surface area contributed by atoms with E-state index in [1.165, 1.54) is 44.9 Å². The molecule has 0 nitrogen and oxygen atoms in total. The summed E-state index contributed by atoms with van der Waals surface area (Å²) in [6.07, 6.45) is 15.7. The second kappa shape index (κ2) is 5.39. The second-order valence-electron chi connectivity index (χ2n) is 12.0. The summed E-state index contributed by atoms with van der Waals surface area (Å²) >= 11 is 0. The van der Waals surface area contributed by atoms with E-state index in [1.807, 2.05) is 0 Å². The molecule has 4 aliphatic rings. The summed E-state index contributed by atoms with van der Waals surface area (Å²) in [6, 6.07) is 0. The molecule has 4 rings (SSSR count). The zero-order valence-electron chi connectivity index (χ0n) is 18.0. The fraction of sp³-hybridized carbons (Fsp3) is 0.920. The van der Waals surface area contributed by atoms with Gasteiger partial charge in [0.05, 0.1) is 0 Å². The maximum Gasteiger partial charge on any atom is -0.00790 e. The zero-order valence-corrected chi connectivity index (χ0v) is 18.0. The van der Waals surface area contributed by atoms with Crippen molar-refractivity contribution in [3.05, 3.63) is 12.2 Å². The SMILES string of the molecule is CC1CC[C@]2(C)C3CC[C@]4(C)C(C(C)C)CCC4[C@@]3(C)C=C[C@@]2(C)C1. The molecule has 0 heterocycles. The maximum atomic E-state index is 2.75. The van der Waals surface area contributed by atoms with Gasteiger partial charge in [0.25, 0.3) is 0 Å². The smallest absolute Gasteiger partial charge is 0.00790 e. The molecule has 0 aliphatic heterocycles. The van der Waals surface area contributed by atoms with Gasteiger partial charge in [0.2, 0.25) is 0 Å². The summed E-state index contributed by atoms with van der Waals surface area (Å²) in [5.74, 6) is 4.49. The Labute approximate surface area is 157 Å². The normalized spacial score (nSPS) is 57.9. The standard InChI is InChI=1S/C25H42/c1-17(2)19-8-9-20-23(19,5)12-11-21-24(20,6)15-14-22(4)16-18(3)10-13-25(21,22)7/h14-15,17-21H,8-13,16H2,1-7H3/t18?,19?,20?,21?,22-,23+,24+,25+/m0/s1. The molecule has 0 aromatic carbocycles. The molecule has 8 atom stereocenters. The van der Waals surface area contributed by atoms with Gasteiger partial charge >= 0.3 is 0 Å². The van der Waals surface area contributed by atoms with E-state index in [2.05, 4.69) is 60.6 Å². The molecule has 0 heteroatoms. The highest BCUT2D eigenvalue weighted by Crippen LogP contribution is 2.73. The second-order valence-corrected chi connectivity index (χ2v) is 12.0. The molecule has 25 heavy (non-hydrogen) atoms. The molecular formula is C25H42. The third kappa shape index (κ3) is 2.18. The first-order chi connectivity index (χ1) is 11.6. The van der Waals surface area contributed by atoms with Crippen LogP contribution in [0.3, 0.4) is 0 Å². The molecule has 0 aromatic rings. The molecule has 0 spiro atoms. The van der Waals surface area contributed by atoms with Crippen LogP contribution in [0.5, 0.6) is 0 Å². The van der Waals surface area contributed by atoms with Crippen LogP contribution in [-0.2, 0) is 0 Å². The largest absolute Gasteiger partial charge is 0.0814 e. The predicted octanol–water partition coefficient (Wildman–Crippen LogP) is 7.49. The Hall–Kier alpha value is -0.260. The first-order valence-electron chi connectivity index (χ1n) is 11.3. The van der Waals surface area contributed by atoms with Crippen LogP contribution in [0.25, 0.3) is 0 Å². The van der Waals surface area contributed by atoms with Crippen molar-refractivity contribution in [2.75, 3.05) is 0 Å². The van der Waals surface area contributed by atoms with Crippen molar-refractivity contribution >= 4 is 0 Å².